The topological polar surface area (TPSA) is 29.4 Å². The van der Waals surface area contributed by atoms with Crippen LogP contribution in [-0.4, -0.2) is 18.5 Å². The van der Waals surface area contributed by atoms with Crippen molar-refractivity contribution in [3.63, 3.8) is 0 Å². The standard InChI is InChI=1S/C9H7NO/c11-9-3-1-2-7-6-10-5-4-8(7)9/h1-5H,6H2. The average molecular weight is 145 g/mol. The van der Waals surface area contributed by atoms with Gasteiger partial charge in [0.2, 0.25) is 0 Å². The molecule has 0 aromatic rings. The largest absolute Gasteiger partial charge is 0.289 e. The molecule has 2 rings (SSSR count). The number of dihydropyridines is 1. The van der Waals surface area contributed by atoms with Gasteiger partial charge in [0.05, 0.1) is 6.54 Å². The van der Waals surface area contributed by atoms with Crippen LogP contribution >= 0.6 is 0 Å². The van der Waals surface area contributed by atoms with E-state index in [2.05, 4.69) is 4.99 Å². The Morgan fingerprint density at radius 2 is 2.27 bits per heavy atom. The van der Waals surface area contributed by atoms with E-state index in [4.69, 9.17) is 0 Å². The van der Waals surface area contributed by atoms with E-state index in [1.807, 2.05) is 6.08 Å². The molecule has 0 unspecified atom stereocenters. The van der Waals surface area contributed by atoms with E-state index in [-0.39, 0.29) is 5.78 Å². The van der Waals surface area contributed by atoms with Crippen LogP contribution in [0.25, 0.3) is 0 Å². The monoisotopic (exact) mass is 145 g/mol. The number of rotatable bonds is 0. The van der Waals surface area contributed by atoms with Gasteiger partial charge in [0.25, 0.3) is 0 Å². The highest BCUT2D eigenvalue weighted by molar-refractivity contribution is 6.11. The maximum Gasteiger partial charge on any atom is 0.186 e. The second-order valence-corrected chi connectivity index (χ2v) is 2.49. The summed E-state index contributed by atoms with van der Waals surface area (Å²) in [5.74, 6) is 0.0913. The Kier molecular flexibility index (Phi) is 1.32. The molecule has 2 heteroatoms. The lowest BCUT2D eigenvalue weighted by Gasteiger charge is -2.11. The van der Waals surface area contributed by atoms with Gasteiger partial charge in [0, 0.05) is 11.8 Å². The minimum Gasteiger partial charge on any atom is -0.289 e. The van der Waals surface area contributed by atoms with Crippen molar-refractivity contribution in [2.24, 2.45) is 4.99 Å². The van der Waals surface area contributed by atoms with Gasteiger partial charge >= 0.3 is 0 Å². The van der Waals surface area contributed by atoms with Gasteiger partial charge in [-0.3, -0.25) is 9.79 Å². The van der Waals surface area contributed by atoms with Crippen molar-refractivity contribution in [3.8, 4) is 0 Å². The molecule has 1 aliphatic heterocycles. The minimum atomic E-state index is 0.0913. The van der Waals surface area contributed by atoms with Gasteiger partial charge in [-0.25, -0.2) is 0 Å². The molecule has 0 aromatic heterocycles. The minimum absolute atomic E-state index is 0.0913. The number of allylic oxidation sites excluding steroid dienone is 4. The summed E-state index contributed by atoms with van der Waals surface area (Å²) in [6.07, 6.45) is 8.74. The Balaban J connectivity index is 2.48. The summed E-state index contributed by atoms with van der Waals surface area (Å²) in [6.45, 7) is 0.641. The molecule has 0 bridgehead atoms. The summed E-state index contributed by atoms with van der Waals surface area (Å²) in [6, 6.07) is 0. The van der Waals surface area contributed by atoms with Crippen LogP contribution in [0.15, 0.2) is 40.4 Å². The van der Waals surface area contributed by atoms with Crippen LogP contribution < -0.4 is 0 Å². The molecule has 0 spiro atoms. The van der Waals surface area contributed by atoms with Crippen molar-refractivity contribution in [3.05, 3.63) is 35.5 Å². The highest BCUT2D eigenvalue weighted by atomic mass is 16.1. The molecule has 0 atom stereocenters. The van der Waals surface area contributed by atoms with Crippen molar-refractivity contribution in [1.82, 2.24) is 0 Å². The number of ketones is 1. The van der Waals surface area contributed by atoms with Gasteiger partial charge in [-0.2, -0.15) is 0 Å². The van der Waals surface area contributed by atoms with Crippen LogP contribution in [0.5, 0.6) is 0 Å². The molecule has 0 N–H and O–H groups in total. The van der Waals surface area contributed by atoms with Gasteiger partial charge in [-0.15, -0.1) is 0 Å². The number of hydrogen-bond acceptors (Lipinski definition) is 2. The second-order valence-electron chi connectivity index (χ2n) is 2.49. The van der Waals surface area contributed by atoms with Gasteiger partial charge in [-0.1, -0.05) is 12.2 Å². The smallest absolute Gasteiger partial charge is 0.186 e. The third kappa shape index (κ3) is 0.963. The fourth-order valence-electron chi connectivity index (χ4n) is 1.19. The molecule has 0 aromatic carbocycles. The van der Waals surface area contributed by atoms with E-state index in [0.717, 1.165) is 11.1 Å². The molecular formula is C9H7NO. The van der Waals surface area contributed by atoms with Crippen LogP contribution in [0.1, 0.15) is 0 Å². The molecule has 54 valence electrons. The summed E-state index contributed by atoms with van der Waals surface area (Å²) < 4.78 is 0. The maximum absolute atomic E-state index is 11.2. The van der Waals surface area contributed by atoms with Crippen molar-refractivity contribution < 1.29 is 4.79 Å². The SMILES string of the molecule is O=C1C=CC=C2CN=CC=C12. The molecule has 2 nitrogen and oxygen atoms in total. The molecular weight excluding hydrogens is 138 g/mol. The van der Waals surface area contributed by atoms with Crippen LogP contribution in [0, 0.1) is 0 Å². The normalized spacial score (nSPS) is 20.9. The first-order valence-electron chi connectivity index (χ1n) is 3.50. The summed E-state index contributed by atoms with van der Waals surface area (Å²) in [5.41, 5.74) is 1.82. The number of carbonyl (C=O) groups is 1. The highest BCUT2D eigenvalue weighted by Crippen LogP contribution is 2.18. The van der Waals surface area contributed by atoms with Crippen molar-refractivity contribution in [2.45, 2.75) is 0 Å². The molecule has 0 fully saturated rings. The van der Waals surface area contributed by atoms with Gasteiger partial charge in [0.1, 0.15) is 0 Å². The highest BCUT2D eigenvalue weighted by Gasteiger charge is 2.15. The number of carbonyl (C=O) groups excluding carboxylic acids is 1. The number of aliphatic imine (C=N–C) groups is 1. The Bertz CT molecular complexity index is 318. The van der Waals surface area contributed by atoms with Gasteiger partial charge < -0.3 is 0 Å². The van der Waals surface area contributed by atoms with E-state index < -0.39 is 0 Å². The van der Waals surface area contributed by atoms with Crippen LogP contribution in [-0.2, 0) is 4.79 Å². The lowest BCUT2D eigenvalue weighted by atomic mass is 9.95. The van der Waals surface area contributed by atoms with Crippen molar-refractivity contribution >= 4 is 12.0 Å². The Morgan fingerprint density at radius 1 is 1.36 bits per heavy atom. The van der Waals surface area contributed by atoms with Crippen molar-refractivity contribution in [2.75, 3.05) is 6.54 Å². The Morgan fingerprint density at radius 3 is 3.09 bits per heavy atom. The first-order valence-corrected chi connectivity index (χ1v) is 3.50. The molecule has 0 amide bonds. The molecule has 11 heavy (non-hydrogen) atoms. The number of fused-ring (bicyclic) bond motifs is 1. The fourth-order valence-corrected chi connectivity index (χ4v) is 1.19. The zero-order chi connectivity index (χ0) is 7.68. The quantitative estimate of drug-likeness (QED) is 0.501. The summed E-state index contributed by atoms with van der Waals surface area (Å²) >= 11 is 0. The first-order chi connectivity index (χ1) is 5.38. The fraction of sp³-hybridized carbons (Fsp3) is 0.111. The zero-order valence-electron chi connectivity index (χ0n) is 5.95. The van der Waals surface area contributed by atoms with Gasteiger partial charge in [0.15, 0.2) is 5.78 Å². The van der Waals surface area contributed by atoms with E-state index in [1.165, 1.54) is 0 Å². The molecule has 1 aliphatic carbocycles. The molecule has 2 aliphatic rings. The van der Waals surface area contributed by atoms with E-state index in [1.54, 1.807) is 24.4 Å². The van der Waals surface area contributed by atoms with E-state index in [0.29, 0.717) is 6.54 Å². The third-order valence-corrected chi connectivity index (χ3v) is 1.76. The Labute approximate surface area is 64.6 Å². The maximum atomic E-state index is 11.2. The van der Waals surface area contributed by atoms with Gasteiger partial charge in [-0.05, 0) is 17.7 Å². The third-order valence-electron chi connectivity index (χ3n) is 1.76. The first kappa shape index (κ1) is 6.28. The van der Waals surface area contributed by atoms with Crippen LogP contribution in [0.2, 0.25) is 0 Å². The zero-order valence-corrected chi connectivity index (χ0v) is 5.95. The van der Waals surface area contributed by atoms with E-state index >= 15 is 0 Å². The summed E-state index contributed by atoms with van der Waals surface area (Å²) in [4.78, 5) is 15.2. The van der Waals surface area contributed by atoms with Crippen molar-refractivity contribution in [1.29, 1.82) is 0 Å². The lowest BCUT2D eigenvalue weighted by molar-refractivity contribution is -0.111. The lowest BCUT2D eigenvalue weighted by Crippen LogP contribution is -2.10. The van der Waals surface area contributed by atoms with Crippen LogP contribution in [0.4, 0.5) is 0 Å². The van der Waals surface area contributed by atoms with E-state index in [9.17, 15) is 4.79 Å². The predicted molar refractivity (Wildman–Crippen MR) is 43.7 cm³/mol. The van der Waals surface area contributed by atoms with Crippen LogP contribution in [0.3, 0.4) is 0 Å². The average Bonchev–Trinajstić information content (AvgIpc) is 2.06. The molecule has 0 saturated carbocycles. The molecule has 0 saturated heterocycles. The number of nitrogens with zero attached hydrogens (tertiary/aromatic N) is 1. The molecule has 0 radical (unpaired) electrons. The summed E-state index contributed by atoms with van der Waals surface area (Å²) in [5, 5.41) is 0. The molecule has 1 heterocycles. The second kappa shape index (κ2) is 2.31. The summed E-state index contributed by atoms with van der Waals surface area (Å²) in [7, 11) is 0. The Hall–Kier alpha value is -1.44. The number of hydrogen-bond donors (Lipinski definition) is 0. The predicted octanol–water partition coefficient (Wildman–Crippen LogP) is 1.06.